The minimum absolute atomic E-state index is 0.0148. The summed E-state index contributed by atoms with van der Waals surface area (Å²) in [7, 11) is 0. The van der Waals surface area contributed by atoms with Crippen molar-refractivity contribution < 1.29 is 4.79 Å². The van der Waals surface area contributed by atoms with E-state index in [1.54, 1.807) is 0 Å². The second kappa shape index (κ2) is 7.55. The molecule has 2 aromatic carbocycles. The summed E-state index contributed by atoms with van der Waals surface area (Å²) in [6.45, 7) is 0. The largest absolute Gasteiger partial charge is 0.393 e. The number of nitrogens with two attached hydrogens (primary N) is 1. The number of anilines is 1. The van der Waals surface area contributed by atoms with Crippen LogP contribution in [0.2, 0.25) is 0 Å². The molecule has 108 valence electrons. The van der Waals surface area contributed by atoms with Crippen LogP contribution in [0, 0.1) is 0 Å². The Kier molecular flexibility index (Phi) is 5.46. The molecular weight excluding hydrogens is 280 g/mol. The standard InChI is InChI=1S/C17H18N2OS/c18-16(21)12-14-6-9-15(10-7-14)19-17(20)11-8-13-4-2-1-3-5-13/h1-7,9-10H,8,11-12H2,(H2,18,21)(H,19,20). The molecule has 4 heteroatoms. The topological polar surface area (TPSA) is 55.1 Å². The number of amides is 1. The number of nitrogens with one attached hydrogen (secondary N) is 1. The summed E-state index contributed by atoms with van der Waals surface area (Å²) in [5, 5.41) is 2.89. The highest BCUT2D eigenvalue weighted by atomic mass is 32.1. The van der Waals surface area contributed by atoms with Crippen molar-refractivity contribution in [3.63, 3.8) is 0 Å². The number of rotatable bonds is 6. The molecule has 21 heavy (non-hydrogen) atoms. The first-order valence-electron chi connectivity index (χ1n) is 6.84. The Balaban J connectivity index is 1.83. The summed E-state index contributed by atoms with van der Waals surface area (Å²) in [4.78, 5) is 12.4. The molecule has 0 spiro atoms. The van der Waals surface area contributed by atoms with E-state index in [-0.39, 0.29) is 5.91 Å². The summed E-state index contributed by atoms with van der Waals surface area (Å²) in [5.41, 5.74) is 8.50. The van der Waals surface area contributed by atoms with Crippen molar-refractivity contribution in [2.24, 2.45) is 5.73 Å². The van der Waals surface area contributed by atoms with Crippen molar-refractivity contribution in [1.82, 2.24) is 0 Å². The zero-order chi connectivity index (χ0) is 15.1. The van der Waals surface area contributed by atoms with Gasteiger partial charge in [0.05, 0.1) is 4.99 Å². The molecule has 0 heterocycles. The molecule has 0 aromatic heterocycles. The Bertz CT molecular complexity index is 608. The Labute approximate surface area is 130 Å². The highest BCUT2D eigenvalue weighted by Gasteiger charge is 2.03. The van der Waals surface area contributed by atoms with Gasteiger partial charge in [0.2, 0.25) is 5.91 Å². The normalized spacial score (nSPS) is 10.1. The van der Waals surface area contributed by atoms with Crippen molar-refractivity contribution in [2.45, 2.75) is 19.3 Å². The number of carbonyl (C=O) groups is 1. The maximum Gasteiger partial charge on any atom is 0.224 e. The van der Waals surface area contributed by atoms with Gasteiger partial charge in [-0.05, 0) is 29.7 Å². The summed E-state index contributed by atoms with van der Waals surface area (Å²) in [6.07, 6.45) is 1.79. The quantitative estimate of drug-likeness (QED) is 0.806. The smallest absolute Gasteiger partial charge is 0.224 e. The van der Waals surface area contributed by atoms with Gasteiger partial charge >= 0.3 is 0 Å². The minimum atomic E-state index is 0.0148. The molecule has 3 N–H and O–H groups in total. The number of hydrogen-bond donors (Lipinski definition) is 2. The van der Waals surface area contributed by atoms with Gasteiger partial charge in [0, 0.05) is 18.5 Å². The van der Waals surface area contributed by atoms with Gasteiger partial charge in [-0.3, -0.25) is 4.79 Å². The van der Waals surface area contributed by atoms with Crippen molar-refractivity contribution in [3.05, 3.63) is 65.7 Å². The molecule has 0 radical (unpaired) electrons. The van der Waals surface area contributed by atoms with Gasteiger partial charge in [-0.15, -0.1) is 0 Å². The molecule has 3 nitrogen and oxygen atoms in total. The van der Waals surface area contributed by atoms with Crippen molar-refractivity contribution >= 4 is 28.8 Å². The van der Waals surface area contributed by atoms with Crippen LogP contribution in [0.5, 0.6) is 0 Å². The number of benzene rings is 2. The molecule has 2 aromatic rings. The van der Waals surface area contributed by atoms with E-state index < -0.39 is 0 Å². The fourth-order valence-electron chi connectivity index (χ4n) is 2.03. The lowest BCUT2D eigenvalue weighted by Gasteiger charge is -2.06. The van der Waals surface area contributed by atoms with Gasteiger partial charge in [0.15, 0.2) is 0 Å². The van der Waals surface area contributed by atoms with Crippen LogP contribution in [-0.4, -0.2) is 10.9 Å². The average molecular weight is 298 g/mol. The van der Waals surface area contributed by atoms with E-state index in [1.807, 2.05) is 54.6 Å². The number of hydrogen-bond acceptors (Lipinski definition) is 2. The van der Waals surface area contributed by atoms with Crippen LogP contribution in [0.25, 0.3) is 0 Å². The monoisotopic (exact) mass is 298 g/mol. The third kappa shape index (κ3) is 5.36. The summed E-state index contributed by atoms with van der Waals surface area (Å²) in [6, 6.07) is 17.6. The van der Waals surface area contributed by atoms with Crippen LogP contribution in [0.1, 0.15) is 17.5 Å². The molecule has 0 aliphatic rings. The average Bonchev–Trinajstić information content (AvgIpc) is 2.48. The van der Waals surface area contributed by atoms with Crippen molar-refractivity contribution in [1.29, 1.82) is 0 Å². The summed E-state index contributed by atoms with van der Waals surface area (Å²) in [5.74, 6) is 0.0148. The van der Waals surface area contributed by atoms with E-state index >= 15 is 0 Å². The van der Waals surface area contributed by atoms with Gasteiger partial charge in [-0.2, -0.15) is 0 Å². The third-order valence-corrected chi connectivity index (χ3v) is 3.24. The van der Waals surface area contributed by atoms with E-state index in [4.69, 9.17) is 18.0 Å². The molecule has 0 saturated carbocycles. The predicted molar refractivity (Wildman–Crippen MR) is 90.3 cm³/mol. The highest BCUT2D eigenvalue weighted by molar-refractivity contribution is 7.80. The first kappa shape index (κ1) is 15.2. The molecule has 0 atom stereocenters. The lowest BCUT2D eigenvalue weighted by molar-refractivity contribution is -0.116. The van der Waals surface area contributed by atoms with Crippen LogP contribution < -0.4 is 11.1 Å². The van der Waals surface area contributed by atoms with Gasteiger partial charge in [0.25, 0.3) is 0 Å². The first-order valence-corrected chi connectivity index (χ1v) is 7.25. The van der Waals surface area contributed by atoms with Crippen LogP contribution in [0.15, 0.2) is 54.6 Å². The lowest BCUT2D eigenvalue weighted by Crippen LogP contribution is -2.13. The molecule has 0 aliphatic carbocycles. The van der Waals surface area contributed by atoms with E-state index in [2.05, 4.69) is 5.32 Å². The zero-order valence-corrected chi connectivity index (χ0v) is 12.5. The van der Waals surface area contributed by atoms with Crippen LogP contribution in [0.4, 0.5) is 5.69 Å². The van der Waals surface area contributed by atoms with Gasteiger partial charge in [-0.25, -0.2) is 0 Å². The Morgan fingerprint density at radius 2 is 1.67 bits per heavy atom. The second-order valence-electron chi connectivity index (χ2n) is 4.87. The fourth-order valence-corrected chi connectivity index (χ4v) is 2.20. The lowest BCUT2D eigenvalue weighted by atomic mass is 10.1. The fraction of sp³-hybridized carbons (Fsp3) is 0.176. The van der Waals surface area contributed by atoms with E-state index in [9.17, 15) is 4.79 Å². The summed E-state index contributed by atoms with van der Waals surface area (Å²) >= 11 is 4.87. The maximum absolute atomic E-state index is 11.9. The Morgan fingerprint density at radius 3 is 2.29 bits per heavy atom. The molecular formula is C17H18N2OS. The number of carbonyl (C=O) groups excluding carboxylic acids is 1. The van der Waals surface area contributed by atoms with E-state index in [1.165, 1.54) is 5.56 Å². The van der Waals surface area contributed by atoms with Crippen molar-refractivity contribution in [3.8, 4) is 0 Å². The van der Waals surface area contributed by atoms with Crippen LogP contribution >= 0.6 is 12.2 Å². The first-order chi connectivity index (χ1) is 10.1. The Morgan fingerprint density at radius 1 is 1.00 bits per heavy atom. The highest BCUT2D eigenvalue weighted by Crippen LogP contribution is 2.11. The molecule has 0 bridgehead atoms. The molecule has 0 saturated heterocycles. The minimum Gasteiger partial charge on any atom is -0.393 e. The molecule has 0 unspecified atom stereocenters. The third-order valence-electron chi connectivity index (χ3n) is 3.10. The molecule has 0 aliphatic heterocycles. The van der Waals surface area contributed by atoms with Crippen LogP contribution in [0.3, 0.4) is 0 Å². The van der Waals surface area contributed by atoms with Gasteiger partial charge in [-0.1, -0.05) is 54.7 Å². The maximum atomic E-state index is 11.9. The molecule has 1 amide bonds. The van der Waals surface area contributed by atoms with Gasteiger partial charge in [0.1, 0.15) is 0 Å². The second-order valence-corrected chi connectivity index (χ2v) is 5.40. The predicted octanol–water partition coefficient (Wildman–Crippen LogP) is 3.09. The number of thiocarbonyl (C=S) groups is 1. The van der Waals surface area contributed by atoms with Crippen LogP contribution in [-0.2, 0) is 17.6 Å². The zero-order valence-electron chi connectivity index (χ0n) is 11.7. The Hall–Kier alpha value is -2.20. The van der Waals surface area contributed by atoms with E-state index in [0.717, 1.165) is 17.7 Å². The summed E-state index contributed by atoms with van der Waals surface area (Å²) < 4.78 is 0. The SMILES string of the molecule is NC(=S)Cc1ccc(NC(=O)CCc2ccccc2)cc1. The van der Waals surface area contributed by atoms with Crippen molar-refractivity contribution in [2.75, 3.05) is 5.32 Å². The van der Waals surface area contributed by atoms with E-state index in [0.29, 0.717) is 17.8 Å². The van der Waals surface area contributed by atoms with Gasteiger partial charge < -0.3 is 11.1 Å². The molecule has 2 rings (SSSR count). The number of aryl methyl sites for hydroxylation is 1. The molecule has 0 fully saturated rings.